The molecule has 192 valence electrons. The van der Waals surface area contributed by atoms with Gasteiger partial charge >= 0.3 is 12.0 Å². The van der Waals surface area contributed by atoms with Crippen molar-refractivity contribution in [2.75, 3.05) is 25.0 Å². The van der Waals surface area contributed by atoms with Crippen LogP contribution in [0.3, 0.4) is 0 Å². The van der Waals surface area contributed by atoms with Crippen molar-refractivity contribution in [2.24, 2.45) is 0 Å². The van der Waals surface area contributed by atoms with Crippen LogP contribution < -0.4 is 15.5 Å². The topological polar surface area (TPSA) is 81.7 Å². The van der Waals surface area contributed by atoms with E-state index in [4.69, 9.17) is 0 Å². The third kappa shape index (κ3) is 10.1. The van der Waals surface area contributed by atoms with Gasteiger partial charge in [-0.05, 0) is 54.6 Å². The second kappa shape index (κ2) is 15.9. The average Bonchev–Trinajstić information content (AvgIpc) is 2.87. The SMILES string of the molecule is CCCCCCCNC(=O)N(C)c1cccc(-c2ccc(CC(NCCCCC)C(=O)O)cc2)c1. The molecular formula is C29H43N3O3. The fraction of sp³-hybridized carbons (Fsp3) is 0.517. The minimum Gasteiger partial charge on any atom is -0.480 e. The van der Waals surface area contributed by atoms with Crippen molar-refractivity contribution >= 4 is 17.7 Å². The molecule has 0 bridgehead atoms. The van der Waals surface area contributed by atoms with Gasteiger partial charge in [0.05, 0.1) is 0 Å². The quantitative estimate of drug-likeness (QED) is 0.248. The number of hydrogen-bond donors (Lipinski definition) is 3. The highest BCUT2D eigenvalue weighted by Crippen LogP contribution is 2.25. The Kier molecular flexibility index (Phi) is 12.9. The van der Waals surface area contributed by atoms with E-state index < -0.39 is 12.0 Å². The molecular weight excluding hydrogens is 438 g/mol. The minimum absolute atomic E-state index is 0.0980. The van der Waals surface area contributed by atoms with E-state index in [1.54, 1.807) is 11.9 Å². The number of nitrogens with one attached hydrogen (secondary N) is 2. The number of aliphatic carboxylic acids is 1. The van der Waals surface area contributed by atoms with Crippen LogP contribution in [0, 0.1) is 0 Å². The van der Waals surface area contributed by atoms with Crippen molar-refractivity contribution in [1.29, 1.82) is 0 Å². The summed E-state index contributed by atoms with van der Waals surface area (Å²) in [5.74, 6) is -0.819. The van der Waals surface area contributed by atoms with Crippen molar-refractivity contribution in [2.45, 2.75) is 77.7 Å². The molecule has 6 nitrogen and oxygen atoms in total. The average molecular weight is 482 g/mol. The van der Waals surface area contributed by atoms with Gasteiger partial charge in [0.2, 0.25) is 0 Å². The molecule has 0 spiro atoms. The number of unbranched alkanes of at least 4 members (excludes halogenated alkanes) is 6. The molecule has 2 amide bonds. The summed E-state index contributed by atoms with van der Waals surface area (Å²) < 4.78 is 0. The molecule has 0 saturated carbocycles. The maximum Gasteiger partial charge on any atom is 0.321 e. The van der Waals surface area contributed by atoms with E-state index in [1.807, 2.05) is 48.5 Å². The maximum absolute atomic E-state index is 12.6. The number of hydrogen-bond acceptors (Lipinski definition) is 3. The summed E-state index contributed by atoms with van der Waals surface area (Å²) in [5.41, 5.74) is 3.86. The standard InChI is InChI=1S/C29H43N3O3/c1-4-6-8-9-11-20-31-29(35)32(3)26-14-12-13-25(22-26)24-17-15-23(16-18-24)21-27(28(33)34)30-19-10-7-5-2/h12-18,22,27,30H,4-11,19-21H2,1-3H3,(H,31,35)(H,33,34). The molecule has 0 aliphatic carbocycles. The lowest BCUT2D eigenvalue weighted by molar-refractivity contribution is -0.139. The first kappa shape index (κ1) is 28.4. The zero-order valence-corrected chi connectivity index (χ0v) is 21.7. The number of carbonyl (C=O) groups excluding carboxylic acids is 1. The molecule has 0 aliphatic heterocycles. The Balaban J connectivity index is 1.95. The third-order valence-corrected chi connectivity index (χ3v) is 6.29. The molecule has 0 radical (unpaired) electrons. The molecule has 0 fully saturated rings. The van der Waals surface area contributed by atoms with Gasteiger partial charge in [-0.2, -0.15) is 0 Å². The summed E-state index contributed by atoms with van der Waals surface area (Å²) in [6, 6.07) is 15.2. The highest BCUT2D eigenvalue weighted by molar-refractivity contribution is 5.92. The van der Waals surface area contributed by atoms with E-state index in [9.17, 15) is 14.7 Å². The fourth-order valence-corrected chi connectivity index (χ4v) is 4.02. The van der Waals surface area contributed by atoms with Crippen LogP contribution in [-0.4, -0.2) is 43.3 Å². The summed E-state index contributed by atoms with van der Waals surface area (Å²) in [7, 11) is 1.79. The van der Waals surface area contributed by atoms with E-state index in [0.29, 0.717) is 13.0 Å². The fourth-order valence-electron chi connectivity index (χ4n) is 4.02. The van der Waals surface area contributed by atoms with Gasteiger partial charge in [-0.15, -0.1) is 0 Å². The lowest BCUT2D eigenvalue weighted by atomic mass is 10.00. The number of anilines is 1. The molecule has 0 heterocycles. The Hall–Kier alpha value is -2.86. The number of rotatable bonds is 16. The third-order valence-electron chi connectivity index (χ3n) is 6.29. The maximum atomic E-state index is 12.6. The minimum atomic E-state index is -0.819. The molecule has 2 aromatic carbocycles. The van der Waals surface area contributed by atoms with Gasteiger partial charge in [0.1, 0.15) is 6.04 Å². The van der Waals surface area contributed by atoms with Crippen molar-refractivity contribution < 1.29 is 14.7 Å². The largest absolute Gasteiger partial charge is 0.480 e. The van der Waals surface area contributed by atoms with Gasteiger partial charge in [0.25, 0.3) is 0 Å². The van der Waals surface area contributed by atoms with Crippen LogP contribution in [0.4, 0.5) is 10.5 Å². The number of carbonyl (C=O) groups is 2. The number of benzene rings is 2. The van der Waals surface area contributed by atoms with Crippen molar-refractivity contribution in [1.82, 2.24) is 10.6 Å². The van der Waals surface area contributed by atoms with Crippen LogP contribution >= 0.6 is 0 Å². The zero-order chi connectivity index (χ0) is 25.5. The summed E-state index contributed by atoms with van der Waals surface area (Å²) in [5, 5.41) is 15.7. The monoisotopic (exact) mass is 481 g/mol. The molecule has 35 heavy (non-hydrogen) atoms. The van der Waals surface area contributed by atoms with Gasteiger partial charge < -0.3 is 15.7 Å². The Morgan fingerprint density at radius 1 is 0.857 bits per heavy atom. The smallest absolute Gasteiger partial charge is 0.321 e. The highest BCUT2D eigenvalue weighted by atomic mass is 16.4. The molecule has 1 atom stereocenters. The zero-order valence-electron chi connectivity index (χ0n) is 21.7. The second-order valence-electron chi connectivity index (χ2n) is 9.21. The number of nitrogens with zero attached hydrogens (tertiary/aromatic N) is 1. The van der Waals surface area contributed by atoms with Crippen LogP contribution in [0.1, 0.15) is 70.8 Å². The first-order chi connectivity index (χ1) is 17.0. The molecule has 6 heteroatoms. The summed E-state index contributed by atoms with van der Waals surface area (Å²) >= 11 is 0. The normalized spacial score (nSPS) is 11.7. The lowest BCUT2D eigenvalue weighted by Gasteiger charge is -2.19. The van der Waals surface area contributed by atoms with E-state index in [-0.39, 0.29) is 6.03 Å². The van der Waals surface area contributed by atoms with Crippen molar-refractivity contribution in [3.63, 3.8) is 0 Å². The van der Waals surface area contributed by atoms with Crippen molar-refractivity contribution in [3.8, 4) is 11.1 Å². The van der Waals surface area contributed by atoms with Gasteiger partial charge in [0, 0.05) is 19.3 Å². The number of urea groups is 1. The lowest BCUT2D eigenvalue weighted by Crippen LogP contribution is -2.39. The summed E-state index contributed by atoms with van der Waals surface area (Å²) in [4.78, 5) is 25.8. The molecule has 0 aliphatic rings. The Morgan fingerprint density at radius 3 is 2.20 bits per heavy atom. The number of carboxylic acid groups (broad SMARTS) is 1. The summed E-state index contributed by atoms with van der Waals surface area (Å²) in [6.45, 7) is 5.74. The molecule has 2 rings (SSSR count). The van der Waals surface area contributed by atoms with E-state index in [2.05, 4.69) is 24.5 Å². The first-order valence-electron chi connectivity index (χ1n) is 13.1. The molecule has 1 unspecified atom stereocenters. The Morgan fingerprint density at radius 2 is 1.51 bits per heavy atom. The molecule has 0 aromatic heterocycles. The van der Waals surface area contributed by atoms with E-state index in [1.165, 1.54) is 19.3 Å². The number of amides is 2. The van der Waals surface area contributed by atoms with Crippen LogP contribution in [0.2, 0.25) is 0 Å². The Labute approximate surface area is 211 Å². The predicted octanol–water partition coefficient (Wildman–Crippen LogP) is 6.25. The van der Waals surface area contributed by atoms with Gasteiger partial charge in [-0.3, -0.25) is 9.69 Å². The first-order valence-corrected chi connectivity index (χ1v) is 13.1. The van der Waals surface area contributed by atoms with Crippen molar-refractivity contribution in [3.05, 3.63) is 54.1 Å². The summed E-state index contributed by atoms with van der Waals surface area (Å²) in [6.07, 6.45) is 9.48. The van der Waals surface area contributed by atoms with Crippen LogP contribution in [0.15, 0.2) is 48.5 Å². The molecule has 0 saturated heterocycles. The molecule has 3 N–H and O–H groups in total. The van der Waals surface area contributed by atoms with Gasteiger partial charge in [-0.25, -0.2) is 4.79 Å². The van der Waals surface area contributed by atoms with E-state index in [0.717, 1.165) is 61.0 Å². The molecule has 2 aromatic rings. The second-order valence-corrected chi connectivity index (χ2v) is 9.21. The Bertz CT molecular complexity index is 898. The van der Waals surface area contributed by atoms with E-state index >= 15 is 0 Å². The van der Waals surface area contributed by atoms with Crippen LogP contribution in [0.25, 0.3) is 11.1 Å². The van der Waals surface area contributed by atoms with Gasteiger partial charge in [0.15, 0.2) is 0 Å². The van der Waals surface area contributed by atoms with Gasteiger partial charge in [-0.1, -0.05) is 88.8 Å². The predicted molar refractivity (Wildman–Crippen MR) is 145 cm³/mol. The number of carboxylic acids is 1. The van der Waals surface area contributed by atoms with Crippen LogP contribution in [0.5, 0.6) is 0 Å². The van der Waals surface area contributed by atoms with Crippen LogP contribution in [-0.2, 0) is 11.2 Å². The highest BCUT2D eigenvalue weighted by Gasteiger charge is 2.17.